The highest BCUT2D eigenvalue weighted by Crippen LogP contribution is 2.24. The number of aliphatic imine (C=N–C) groups is 1. The monoisotopic (exact) mass is 331 g/mol. The van der Waals surface area contributed by atoms with E-state index >= 15 is 0 Å². The maximum atomic E-state index is 11.9. The summed E-state index contributed by atoms with van der Waals surface area (Å²) in [6.45, 7) is -0.125. The van der Waals surface area contributed by atoms with Gasteiger partial charge < -0.3 is 25.4 Å². The number of benzene rings is 1. The van der Waals surface area contributed by atoms with Crippen LogP contribution >= 0.6 is 0 Å². The zero-order chi connectivity index (χ0) is 17.1. The number of esters is 1. The lowest BCUT2D eigenvalue weighted by Gasteiger charge is -2.33. The molecule has 0 saturated carbocycles. The second-order valence-corrected chi connectivity index (χ2v) is 5.24. The SMILES string of the molecule is NC1=NC(O)N([C@@H]2OC(COC(=O)c3ccccc3)=C[C@H]2O)C=C1. The Hall–Kier alpha value is -2.84. The molecule has 1 aromatic rings. The van der Waals surface area contributed by atoms with Crippen LogP contribution in [0, 0.1) is 0 Å². The van der Waals surface area contributed by atoms with Gasteiger partial charge in [0.15, 0.2) is 0 Å². The number of aliphatic hydroxyl groups excluding tert-OH is 2. The number of hydrogen-bond donors (Lipinski definition) is 3. The van der Waals surface area contributed by atoms with E-state index in [2.05, 4.69) is 4.99 Å². The number of nitrogens with zero attached hydrogens (tertiary/aromatic N) is 2. The van der Waals surface area contributed by atoms with Gasteiger partial charge in [-0.1, -0.05) is 18.2 Å². The first-order chi connectivity index (χ1) is 11.5. The molecule has 2 heterocycles. The van der Waals surface area contributed by atoms with E-state index in [-0.39, 0.29) is 12.4 Å². The van der Waals surface area contributed by atoms with Gasteiger partial charge in [0.1, 0.15) is 24.3 Å². The van der Waals surface area contributed by atoms with Crippen LogP contribution in [-0.2, 0) is 9.47 Å². The lowest BCUT2D eigenvalue weighted by molar-refractivity contribution is -0.108. The van der Waals surface area contributed by atoms with Gasteiger partial charge in [-0.25, -0.2) is 9.79 Å². The molecule has 0 fully saturated rings. The Morgan fingerprint density at radius 3 is 2.79 bits per heavy atom. The second kappa shape index (κ2) is 6.73. The Labute approximate surface area is 138 Å². The van der Waals surface area contributed by atoms with Crippen LogP contribution in [0.1, 0.15) is 10.4 Å². The molecule has 3 rings (SSSR count). The maximum Gasteiger partial charge on any atom is 0.338 e. The minimum atomic E-state index is -1.26. The van der Waals surface area contributed by atoms with Crippen molar-refractivity contribution < 1.29 is 24.5 Å². The third-order valence-electron chi connectivity index (χ3n) is 3.52. The van der Waals surface area contributed by atoms with Crippen LogP contribution in [-0.4, -0.2) is 52.2 Å². The molecule has 0 bridgehead atoms. The van der Waals surface area contributed by atoms with Crippen LogP contribution in [0.4, 0.5) is 0 Å². The van der Waals surface area contributed by atoms with E-state index in [0.717, 1.165) is 0 Å². The number of carbonyl (C=O) groups excluding carboxylic acids is 1. The lowest BCUT2D eigenvalue weighted by Crippen LogP contribution is -2.46. The number of nitrogens with two attached hydrogens (primary N) is 1. The topological polar surface area (TPSA) is 118 Å². The molecule has 0 aliphatic carbocycles. The summed E-state index contributed by atoms with van der Waals surface area (Å²) < 4.78 is 10.7. The van der Waals surface area contributed by atoms with Gasteiger partial charge in [0, 0.05) is 6.20 Å². The van der Waals surface area contributed by atoms with E-state index in [1.807, 2.05) is 0 Å². The van der Waals surface area contributed by atoms with Crippen molar-refractivity contribution in [3.05, 3.63) is 60.0 Å². The fourth-order valence-electron chi connectivity index (χ4n) is 2.35. The zero-order valence-electron chi connectivity index (χ0n) is 12.6. The fourth-order valence-corrected chi connectivity index (χ4v) is 2.35. The lowest BCUT2D eigenvalue weighted by atomic mass is 10.2. The summed E-state index contributed by atoms with van der Waals surface area (Å²) in [7, 11) is 0. The minimum Gasteiger partial charge on any atom is -0.468 e. The molecule has 2 aliphatic rings. The molecule has 126 valence electrons. The van der Waals surface area contributed by atoms with E-state index in [1.54, 1.807) is 30.3 Å². The molecule has 2 aliphatic heterocycles. The molecule has 1 aromatic carbocycles. The summed E-state index contributed by atoms with van der Waals surface area (Å²) in [5, 5.41) is 19.9. The number of carbonyl (C=O) groups is 1. The molecule has 8 nitrogen and oxygen atoms in total. The molecule has 4 N–H and O–H groups in total. The van der Waals surface area contributed by atoms with Crippen LogP contribution in [0.2, 0.25) is 0 Å². The van der Waals surface area contributed by atoms with Crippen molar-refractivity contribution in [3.8, 4) is 0 Å². The standard InChI is InChI=1S/C16H17N3O5/c17-13-6-7-19(16(22)18-13)14-12(20)8-11(24-14)9-23-15(21)10-4-2-1-3-5-10/h1-8,12,14,16,20,22H,9H2,(H2,17,18)/t12-,14-,16?/m1/s1. The molecule has 3 atom stereocenters. The van der Waals surface area contributed by atoms with Crippen molar-refractivity contribution in [2.24, 2.45) is 10.7 Å². The quantitative estimate of drug-likeness (QED) is 0.660. The van der Waals surface area contributed by atoms with Gasteiger partial charge in [0.05, 0.1) is 5.56 Å². The third-order valence-corrected chi connectivity index (χ3v) is 3.52. The van der Waals surface area contributed by atoms with Crippen molar-refractivity contribution in [2.75, 3.05) is 6.61 Å². The summed E-state index contributed by atoms with van der Waals surface area (Å²) in [6, 6.07) is 8.55. The number of rotatable bonds is 4. The predicted octanol–water partition coefficient (Wildman–Crippen LogP) is -0.0931. The van der Waals surface area contributed by atoms with Gasteiger partial charge >= 0.3 is 5.97 Å². The molecule has 0 radical (unpaired) electrons. The molecular weight excluding hydrogens is 314 g/mol. The number of amidine groups is 1. The Kier molecular flexibility index (Phi) is 4.50. The Morgan fingerprint density at radius 2 is 2.08 bits per heavy atom. The van der Waals surface area contributed by atoms with Crippen molar-refractivity contribution >= 4 is 11.8 Å². The smallest absolute Gasteiger partial charge is 0.338 e. The number of aliphatic hydroxyl groups is 2. The van der Waals surface area contributed by atoms with Crippen LogP contribution in [0.15, 0.2) is 59.4 Å². The molecule has 0 aromatic heterocycles. The minimum absolute atomic E-state index is 0.125. The summed E-state index contributed by atoms with van der Waals surface area (Å²) >= 11 is 0. The first-order valence-corrected chi connectivity index (χ1v) is 7.29. The Balaban J connectivity index is 1.57. The van der Waals surface area contributed by atoms with Crippen molar-refractivity contribution in [3.63, 3.8) is 0 Å². The van der Waals surface area contributed by atoms with Gasteiger partial charge in [-0.05, 0) is 24.3 Å². The Bertz CT molecular complexity index is 701. The highest BCUT2D eigenvalue weighted by Gasteiger charge is 2.35. The molecular formula is C16H17N3O5. The molecule has 1 unspecified atom stereocenters. The summed E-state index contributed by atoms with van der Waals surface area (Å²) in [6.07, 6.45) is 1.24. The van der Waals surface area contributed by atoms with E-state index in [1.165, 1.54) is 23.3 Å². The zero-order valence-corrected chi connectivity index (χ0v) is 12.6. The van der Waals surface area contributed by atoms with Crippen molar-refractivity contribution in [1.29, 1.82) is 0 Å². The van der Waals surface area contributed by atoms with Gasteiger partial charge in [0.2, 0.25) is 12.6 Å². The van der Waals surface area contributed by atoms with E-state index < -0.39 is 24.7 Å². The van der Waals surface area contributed by atoms with Crippen LogP contribution < -0.4 is 5.73 Å². The highest BCUT2D eigenvalue weighted by molar-refractivity contribution is 5.91. The number of ether oxygens (including phenoxy) is 2. The summed E-state index contributed by atoms with van der Waals surface area (Å²) in [5.74, 6) is -0.0237. The fraction of sp³-hybridized carbons (Fsp3) is 0.250. The summed E-state index contributed by atoms with van der Waals surface area (Å²) in [4.78, 5) is 17.0. The van der Waals surface area contributed by atoms with Crippen molar-refractivity contribution in [2.45, 2.75) is 18.7 Å². The first kappa shape index (κ1) is 16.0. The maximum absolute atomic E-state index is 11.9. The summed E-state index contributed by atoms with van der Waals surface area (Å²) in [5.41, 5.74) is 5.91. The largest absolute Gasteiger partial charge is 0.468 e. The number of hydrogen-bond acceptors (Lipinski definition) is 8. The molecule has 0 amide bonds. The average molecular weight is 331 g/mol. The predicted molar refractivity (Wildman–Crippen MR) is 84.3 cm³/mol. The van der Waals surface area contributed by atoms with Gasteiger partial charge in [-0.3, -0.25) is 4.90 Å². The first-order valence-electron chi connectivity index (χ1n) is 7.29. The second-order valence-electron chi connectivity index (χ2n) is 5.24. The van der Waals surface area contributed by atoms with Crippen LogP contribution in [0.5, 0.6) is 0 Å². The molecule has 0 spiro atoms. The molecule has 24 heavy (non-hydrogen) atoms. The van der Waals surface area contributed by atoms with E-state index in [0.29, 0.717) is 11.3 Å². The highest BCUT2D eigenvalue weighted by atomic mass is 16.6. The average Bonchev–Trinajstić information content (AvgIpc) is 2.94. The van der Waals surface area contributed by atoms with Crippen molar-refractivity contribution in [1.82, 2.24) is 4.90 Å². The van der Waals surface area contributed by atoms with E-state index in [4.69, 9.17) is 15.2 Å². The van der Waals surface area contributed by atoms with Gasteiger partial charge in [-0.2, -0.15) is 0 Å². The van der Waals surface area contributed by atoms with Crippen LogP contribution in [0.3, 0.4) is 0 Å². The normalized spacial score (nSPS) is 25.8. The third kappa shape index (κ3) is 3.39. The van der Waals surface area contributed by atoms with Gasteiger partial charge in [-0.15, -0.1) is 0 Å². The van der Waals surface area contributed by atoms with Gasteiger partial charge in [0.25, 0.3) is 0 Å². The molecule has 8 heteroatoms. The van der Waals surface area contributed by atoms with E-state index in [9.17, 15) is 15.0 Å². The molecule has 0 saturated heterocycles. The Morgan fingerprint density at radius 1 is 1.33 bits per heavy atom. The van der Waals surface area contributed by atoms with Crippen LogP contribution in [0.25, 0.3) is 0 Å².